The molecule has 0 aliphatic heterocycles. The average molecular weight is 449 g/mol. The summed E-state index contributed by atoms with van der Waals surface area (Å²) in [5, 5.41) is 0. The Morgan fingerprint density at radius 3 is 0.625 bits per heavy atom. The second-order valence-electron chi connectivity index (χ2n) is 7.52. The molecule has 0 fully saturated rings. The van der Waals surface area contributed by atoms with Gasteiger partial charge in [-0.1, -0.05) is 109 Å². The van der Waals surface area contributed by atoms with Crippen molar-refractivity contribution in [3.05, 3.63) is 130 Å². The first-order valence-corrected chi connectivity index (χ1v) is 11.4. The summed E-state index contributed by atoms with van der Waals surface area (Å²) >= 11 is 8.64. The van der Waals surface area contributed by atoms with Crippen molar-refractivity contribution in [2.75, 3.05) is 0 Å². The largest absolute Gasteiger partial charge is 0.143 e. The Hall–Kier alpha value is -3.20. The second kappa shape index (κ2) is 10.9. The number of benzene rings is 4. The Morgan fingerprint density at radius 1 is 0.281 bits per heavy atom. The Kier molecular flexibility index (Phi) is 7.50. The number of hydrogen-bond acceptors (Lipinski definition) is 2. The predicted octanol–water partition coefficient (Wildman–Crippen LogP) is 8.78. The van der Waals surface area contributed by atoms with Gasteiger partial charge in [0.1, 0.15) is 0 Å². The van der Waals surface area contributed by atoms with Crippen LogP contribution in [0.5, 0.6) is 0 Å². The molecule has 0 unspecified atom stereocenters. The van der Waals surface area contributed by atoms with Crippen molar-refractivity contribution in [1.82, 2.24) is 0 Å². The van der Waals surface area contributed by atoms with Crippen LogP contribution in [0.15, 0.2) is 107 Å². The standard InChI is InChI=1S/C30H24S2/c31-29-19-15-27(16-20-29)13-11-25-7-3-23(4-8-25)1-2-24-5-9-26(10-6-24)12-14-28-17-21-30(32)22-18-28/h1-22,31-32H. The minimum Gasteiger partial charge on any atom is -0.143 e. The molecule has 4 rings (SSSR count). The van der Waals surface area contributed by atoms with Gasteiger partial charge in [-0.3, -0.25) is 0 Å². The molecule has 32 heavy (non-hydrogen) atoms. The smallest absolute Gasteiger partial charge is 0.00403 e. The van der Waals surface area contributed by atoms with Crippen molar-refractivity contribution >= 4 is 61.7 Å². The molecule has 0 saturated heterocycles. The SMILES string of the molecule is Sc1ccc(C=Cc2ccc(C=Cc3ccc(C=Cc4ccc(S)cc4)cc3)cc2)cc1. The maximum atomic E-state index is 4.32. The highest BCUT2D eigenvalue weighted by Gasteiger charge is 1.93. The van der Waals surface area contributed by atoms with Crippen LogP contribution in [0, 0.1) is 0 Å². The topological polar surface area (TPSA) is 0 Å². The van der Waals surface area contributed by atoms with E-state index in [1.54, 1.807) is 0 Å². The Labute approximate surface area is 201 Å². The third-order valence-corrected chi connectivity index (χ3v) is 5.66. The molecule has 0 nitrogen and oxygen atoms in total. The first-order valence-electron chi connectivity index (χ1n) is 10.5. The highest BCUT2D eigenvalue weighted by molar-refractivity contribution is 7.80. The summed E-state index contributed by atoms with van der Waals surface area (Å²) in [7, 11) is 0. The maximum absolute atomic E-state index is 4.32. The lowest BCUT2D eigenvalue weighted by molar-refractivity contribution is 1.46. The second-order valence-corrected chi connectivity index (χ2v) is 8.55. The quantitative estimate of drug-likeness (QED) is 0.214. The van der Waals surface area contributed by atoms with Gasteiger partial charge in [0.15, 0.2) is 0 Å². The number of rotatable bonds is 6. The van der Waals surface area contributed by atoms with Crippen molar-refractivity contribution in [3.8, 4) is 0 Å². The zero-order valence-corrected chi connectivity index (χ0v) is 19.4. The summed E-state index contributed by atoms with van der Waals surface area (Å²) in [5.74, 6) is 0. The highest BCUT2D eigenvalue weighted by Crippen LogP contribution is 2.16. The molecule has 0 N–H and O–H groups in total. The van der Waals surface area contributed by atoms with E-state index in [0.29, 0.717) is 0 Å². The van der Waals surface area contributed by atoms with Crippen molar-refractivity contribution in [2.24, 2.45) is 0 Å². The first kappa shape index (κ1) is 22.0. The lowest BCUT2D eigenvalue weighted by Crippen LogP contribution is -1.77. The Morgan fingerprint density at radius 2 is 0.438 bits per heavy atom. The van der Waals surface area contributed by atoms with E-state index in [9.17, 15) is 0 Å². The molecule has 0 aliphatic rings. The van der Waals surface area contributed by atoms with Gasteiger partial charge in [0, 0.05) is 9.79 Å². The molecule has 2 heteroatoms. The van der Waals surface area contributed by atoms with Crippen molar-refractivity contribution < 1.29 is 0 Å². The van der Waals surface area contributed by atoms with Gasteiger partial charge >= 0.3 is 0 Å². The molecule has 0 heterocycles. The van der Waals surface area contributed by atoms with Crippen LogP contribution in [0.4, 0.5) is 0 Å². The van der Waals surface area contributed by atoms with E-state index in [1.165, 1.54) is 33.4 Å². The molecule has 4 aromatic carbocycles. The number of thiol groups is 2. The molecule has 156 valence electrons. The van der Waals surface area contributed by atoms with Crippen molar-refractivity contribution in [1.29, 1.82) is 0 Å². The lowest BCUT2D eigenvalue weighted by Gasteiger charge is -1.99. The zero-order valence-electron chi connectivity index (χ0n) is 17.6. The van der Waals surface area contributed by atoms with E-state index < -0.39 is 0 Å². The highest BCUT2D eigenvalue weighted by atomic mass is 32.1. The lowest BCUT2D eigenvalue weighted by atomic mass is 10.1. The van der Waals surface area contributed by atoms with Crippen LogP contribution < -0.4 is 0 Å². The first-order chi connectivity index (χ1) is 15.6. The molecule has 0 saturated carbocycles. The Balaban J connectivity index is 1.35. The van der Waals surface area contributed by atoms with Crippen LogP contribution in [0.25, 0.3) is 36.5 Å². The summed E-state index contributed by atoms with van der Waals surface area (Å²) in [6, 6.07) is 33.4. The summed E-state index contributed by atoms with van der Waals surface area (Å²) in [6.45, 7) is 0. The minimum atomic E-state index is 0.976. The molecule has 0 atom stereocenters. The fourth-order valence-corrected chi connectivity index (χ4v) is 3.48. The summed E-state index contributed by atoms with van der Waals surface area (Å²) in [4.78, 5) is 1.95. The fourth-order valence-electron chi connectivity index (χ4n) is 3.18. The average Bonchev–Trinajstić information content (AvgIpc) is 2.83. The van der Waals surface area contributed by atoms with Gasteiger partial charge in [0.2, 0.25) is 0 Å². The van der Waals surface area contributed by atoms with E-state index in [4.69, 9.17) is 0 Å². The van der Waals surface area contributed by atoms with Crippen molar-refractivity contribution in [3.63, 3.8) is 0 Å². The molecule has 4 aromatic rings. The van der Waals surface area contributed by atoms with Crippen LogP contribution in [-0.4, -0.2) is 0 Å². The number of hydrogen-bond donors (Lipinski definition) is 2. The molecule has 0 aromatic heterocycles. The summed E-state index contributed by atoms with van der Waals surface area (Å²) < 4.78 is 0. The monoisotopic (exact) mass is 448 g/mol. The zero-order chi connectivity index (χ0) is 22.2. The van der Waals surface area contributed by atoms with Gasteiger partial charge < -0.3 is 0 Å². The predicted molar refractivity (Wildman–Crippen MR) is 147 cm³/mol. The van der Waals surface area contributed by atoms with Crippen LogP contribution in [0.1, 0.15) is 33.4 Å². The molecule has 0 bridgehead atoms. The summed E-state index contributed by atoms with van der Waals surface area (Å²) in [6.07, 6.45) is 12.8. The van der Waals surface area contributed by atoms with E-state index in [2.05, 4.69) is 135 Å². The molecule has 0 spiro atoms. The summed E-state index contributed by atoms with van der Waals surface area (Å²) in [5.41, 5.74) is 7.05. The molecular formula is C30H24S2. The Bertz CT molecular complexity index is 1130. The van der Waals surface area contributed by atoms with E-state index >= 15 is 0 Å². The van der Waals surface area contributed by atoms with E-state index in [1.807, 2.05) is 24.3 Å². The van der Waals surface area contributed by atoms with Crippen molar-refractivity contribution in [2.45, 2.75) is 9.79 Å². The van der Waals surface area contributed by atoms with E-state index in [-0.39, 0.29) is 0 Å². The van der Waals surface area contributed by atoms with Gasteiger partial charge in [-0.05, 0) is 57.6 Å². The van der Waals surface area contributed by atoms with Gasteiger partial charge in [0.05, 0.1) is 0 Å². The molecule has 0 radical (unpaired) electrons. The van der Waals surface area contributed by atoms with E-state index in [0.717, 1.165) is 9.79 Å². The van der Waals surface area contributed by atoms with Gasteiger partial charge in [-0.25, -0.2) is 0 Å². The molecular weight excluding hydrogens is 424 g/mol. The third kappa shape index (κ3) is 6.65. The molecule has 0 amide bonds. The fraction of sp³-hybridized carbons (Fsp3) is 0. The van der Waals surface area contributed by atoms with Crippen LogP contribution >= 0.6 is 25.3 Å². The van der Waals surface area contributed by atoms with Gasteiger partial charge in [-0.15, -0.1) is 25.3 Å². The maximum Gasteiger partial charge on any atom is 0.00403 e. The van der Waals surface area contributed by atoms with Gasteiger partial charge in [-0.2, -0.15) is 0 Å². The normalized spacial score (nSPS) is 11.7. The molecule has 0 aliphatic carbocycles. The van der Waals surface area contributed by atoms with Gasteiger partial charge in [0.25, 0.3) is 0 Å². The van der Waals surface area contributed by atoms with Crippen LogP contribution in [0.3, 0.4) is 0 Å². The van der Waals surface area contributed by atoms with Crippen LogP contribution in [-0.2, 0) is 0 Å². The third-order valence-electron chi connectivity index (χ3n) is 5.06. The minimum absolute atomic E-state index is 0.976. The van der Waals surface area contributed by atoms with Crippen LogP contribution in [0.2, 0.25) is 0 Å².